The molecule has 0 aliphatic heterocycles. The second-order valence-electron chi connectivity index (χ2n) is 12.9. The van der Waals surface area contributed by atoms with Crippen LogP contribution < -0.4 is 0 Å². The number of hydrogen-bond acceptors (Lipinski definition) is 3. The molecule has 3 N–H and O–H groups in total. The molecule has 7 atom stereocenters. The number of carbonyl (C=O) groups is 1. The first kappa shape index (κ1) is 21.6. The zero-order chi connectivity index (χ0) is 25.1. The van der Waals surface area contributed by atoms with E-state index in [1.165, 1.54) is 5.57 Å². The lowest BCUT2D eigenvalue weighted by atomic mass is 9.34. The van der Waals surface area contributed by atoms with Crippen molar-refractivity contribution in [1.29, 1.82) is 0 Å². The van der Waals surface area contributed by atoms with Gasteiger partial charge in [-0.05, 0) is 110 Å². The second kappa shape index (κ2) is 6.58. The third-order valence-corrected chi connectivity index (χ3v) is 11.4. The van der Waals surface area contributed by atoms with E-state index in [0.29, 0.717) is 17.9 Å². The fourth-order valence-electron chi connectivity index (χ4n) is 8.66. The van der Waals surface area contributed by atoms with Crippen molar-refractivity contribution in [2.45, 2.75) is 98.3 Å². The summed E-state index contributed by atoms with van der Waals surface area (Å²) < 4.78 is 9.02. The number of carboxylic acids is 1. The molecular formula is C29H40O4. The molecule has 3 fully saturated rings. The smallest absolute Gasteiger partial charge is 0.309 e. The zero-order valence-electron chi connectivity index (χ0n) is 22.0. The van der Waals surface area contributed by atoms with Crippen LogP contribution in [0.25, 0.3) is 0 Å². The largest absolute Gasteiger partial charge is 0.504 e. The third-order valence-electron chi connectivity index (χ3n) is 11.4. The van der Waals surface area contributed by atoms with Gasteiger partial charge in [-0.3, -0.25) is 4.79 Å². The summed E-state index contributed by atoms with van der Waals surface area (Å²) in [5.74, 6) is -0.592. The van der Waals surface area contributed by atoms with Crippen molar-refractivity contribution in [3.63, 3.8) is 0 Å². The molecule has 0 spiro atoms. The van der Waals surface area contributed by atoms with E-state index >= 15 is 0 Å². The third kappa shape index (κ3) is 2.67. The maximum atomic E-state index is 12.3. The number of benzene rings is 1. The van der Waals surface area contributed by atoms with Crippen LogP contribution in [0.3, 0.4) is 0 Å². The normalized spacial score (nSPS) is 46.7. The predicted octanol–water partition coefficient (Wildman–Crippen LogP) is 6.64. The summed E-state index contributed by atoms with van der Waals surface area (Å²) in [4.78, 5) is 12.3. The van der Waals surface area contributed by atoms with Gasteiger partial charge in [-0.2, -0.15) is 0 Å². The van der Waals surface area contributed by atoms with E-state index in [1.807, 2.05) is 6.92 Å². The van der Waals surface area contributed by atoms with Crippen molar-refractivity contribution in [2.24, 2.45) is 27.6 Å². The van der Waals surface area contributed by atoms with Crippen LogP contribution in [0.15, 0.2) is 17.7 Å². The van der Waals surface area contributed by atoms with Crippen molar-refractivity contribution in [3.05, 3.63) is 34.4 Å². The molecule has 33 heavy (non-hydrogen) atoms. The maximum Gasteiger partial charge on any atom is 0.309 e. The lowest BCUT2D eigenvalue weighted by Gasteiger charge is -2.69. The summed E-state index contributed by atoms with van der Waals surface area (Å²) >= 11 is 0. The number of carboxylic acid groups (broad SMARTS) is 1. The monoisotopic (exact) mass is 453 g/mol. The van der Waals surface area contributed by atoms with Crippen molar-refractivity contribution in [3.8, 4) is 11.5 Å². The SMILES string of the molecule is [2H][C@@H]1C=C2[C@@](C)(CC[C@@]3(C)C4C[C@](C)(C(=O)O)CC[C@]4(C)CC[C@]23C)c2cc(O)c(O)c(C)c21. The number of phenolic OH excluding ortho intramolecular Hbond substituents is 2. The highest BCUT2D eigenvalue weighted by Crippen LogP contribution is 2.74. The summed E-state index contributed by atoms with van der Waals surface area (Å²) in [5.41, 5.74) is 2.63. The number of rotatable bonds is 1. The standard InChI is InChI=1S/C29H40O4/c1-17-18-7-8-21-27(4,19(18)15-20(30)23(17)31)12-14-29(6)22-16-26(3,24(32)33)10-9-25(22,2)11-13-28(21,29)5/h8,15,22,30-31H,7,9-14,16H2,1-6H3,(H,32,33)/t22?,25-,26-,27+,28-,29+/m1/s1/i7D/t7-,22?,25-,26-,27+,28-,29+. The van der Waals surface area contributed by atoms with Gasteiger partial charge in [0.25, 0.3) is 0 Å². The first-order valence-corrected chi connectivity index (χ1v) is 12.6. The van der Waals surface area contributed by atoms with Gasteiger partial charge < -0.3 is 15.3 Å². The molecule has 4 nitrogen and oxygen atoms in total. The summed E-state index contributed by atoms with van der Waals surface area (Å²) in [6.45, 7) is 13.1. The average Bonchev–Trinajstić information content (AvgIpc) is 2.77. The molecule has 0 radical (unpaired) electrons. The Morgan fingerprint density at radius 1 is 1.03 bits per heavy atom. The molecule has 4 aliphatic carbocycles. The van der Waals surface area contributed by atoms with E-state index in [4.69, 9.17) is 1.37 Å². The Bertz CT molecular complexity index is 1130. The number of phenols is 2. The van der Waals surface area contributed by atoms with E-state index in [-0.39, 0.29) is 33.2 Å². The van der Waals surface area contributed by atoms with E-state index < -0.39 is 17.8 Å². The Hall–Kier alpha value is -1.97. The van der Waals surface area contributed by atoms with Gasteiger partial charge in [0.15, 0.2) is 11.5 Å². The Labute approximate surface area is 199 Å². The summed E-state index contributed by atoms with van der Waals surface area (Å²) in [5, 5.41) is 31.0. The van der Waals surface area contributed by atoms with Crippen LogP contribution in [0.5, 0.6) is 11.5 Å². The Balaban J connectivity index is 1.66. The molecule has 4 aliphatic rings. The average molecular weight is 454 g/mol. The molecule has 180 valence electrons. The molecule has 0 amide bonds. The molecule has 1 aromatic rings. The van der Waals surface area contributed by atoms with Gasteiger partial charge in [-0.15, -0.1) is 0 Å². The molecule has 5 rings (SSSR count). The van der Waals surface area contributed by atoms with Gasteiger partial charge in [0, 0.05) is 6.79 Å². The minimum Gasteiger partial charge on any atom is -0.504 e. The quantitative estimate of drug-likeness (QED) is 0.329. The van der Waals surface area contributed by atoms with E-state index in [0.717, 1.165) is 49.7 Å². The molecule has 0 heterocycles. The van der Waals surface area contributed by atoms with Crippen LogP contribution in [0, 0.1) is 34.5 Å². The number of fused-ring (bicyclic) bond motifs is 7. The minimum atomic E-state index is -0.682. The molecular weight excluding hydrogens is 412 g/mol. The van der Waals surface area contributed by atoms with Crippen molar-refractivity contribution in [1.82, 2.24) is 0 Å². The number of allylic oxidation sites excluding steroid dienone is 2. The van der Waals surface area contributed by atoms with Gasteiger partial charge in [0.05, 0.1) is 5.41 Å². The Morgan fingerprint density at radius 2 is 1.70 bits per heavy atom. The van der Waals surface area contributed by atoms with Crippen LogP contribution in [0.2, 0.25) is 0 Å². The molecule has 0 saturated heterocycles. The van der Waals surface area contributed by atoms with Crippen molar-refractivity contribution < 1.29 is 21.5 Å². The van der Waals surface area contributed by atoms with Crippen LogP contribution in [0.1, 0.15) is 97.6 Å². The topological polar surface area (TPSA) is 77.8 Å². The van der Waals surface area contributed by atoms with Crippen LogP contribution >= 0.6 is 0 Å². The fourth-order valence-corrected chi connectivity index (χ4v) is 8.66. The van der Waals surface area contributed by atoms with Gasteiger partial charge >= 0.3 is 5.97 Å². The molecule has 0 aromatic heterocycles. The highest BCUT2D eigenvalue weighted by Gasteiger charge is 2.67. The number of hydrogen-bond donors (Lipinski definition) is 3. The fraction of sp³-hybridized carbons (Fsp3) is 0.690. The Kier molecular flexibility index (Phi) is 4.30. The van der Waals surface area contributed by atoms with Gasteiger partial charge in [-0.1, -0.05) is 39.3 Å². The lowest BCUT2D eigenvalue weighted by Crippen LogP contribution is -2.62. The highest BCUT2D eigenvalue weighted by molar-refractivity contribution is 5.74. The second-order valence-corrected chi connectivity index (χ2v) is 12.9. The lowest BCUT2D eigenvalue weighted by molar-refractivity contribution is -0.177. The molecule has 3 saturated carbocycles. The zero-order valence-corrected chi connectivity index (χ0v) is 21.0. The number of aliphatic carboxylic acids is 1. The minimum absolute atomic E-state index is 0.0618. The van der Waals surface area contributed by atoms with E-state index in [2.05, 4.69) is 33.8 Å². The van der Waals surface area contributed by atoms with Gasteiger partial charge in [0.2, 0.25) is 0 Å². The van der Waals surface area contributed by atoms with Crippen molar-refractivity contribution >= 4 is 5.97 Å². The van der Waals surface area contributed by atoms with Crippen LogP contribution in [-0.2, 0) is 16.6 Å². The molecule has 4 heteroatoms. The maximum absolute atomic E-state index is 12.3. The Morgan fingerprint density at radius 3 is 2.36 bits per heavy atom. The summed E-state index contributed by atoms with van der Waals surface area (Å²) in [7, 11) is 0. The van der Waals surface area contributed by atoms with Gasteiger partial charge in [-0.25, -0.2) is 0 Å². The molecule has 0 bridgehead atoms. The van der Waals surface area contributed by atoms with Crippen molar-refractivity contribution in [2.75, 3.05) is 0 Å². The summed E-state index contributed by atoms with van der Waals surface area (Å²) in [6.07, 6.45) is 7.93. The first-order valence-electron chi connectivity index (χ1n) is 13.2. The predicted molar refractivity (Wildman–Crippen MR) is 130 cm³/mol. The number of aromatic hydroxyl groups is 2. The van der Waals surface area contributed by atoms with Gasteiger partial charge in [0.1, 0.15) is 0 Å². The summed E-state index contributed by atoms with van der Waals surface area (Å²) in [6, 6.07) is 1.70. The van der Waals surface area contributed by atoms with Crippen LogP contribution in [0.4, 0.5) is 0 Å². The highest BCUT2D eigenvalue weighted by atomic mass is 16.4. The molecule has 1 unspecified atom stereocenters. The van der Waals surface area contributed by atoms with E-state index in [9.17, 15) is 20.1 Å². The van der Waals surface area contributed by atoms with Crippen LogP contribution in [-0.4, -0.2) is 21.3 Å². The first-order chi connectivity index (χ1) is 15.6. The molecule has 1 aromatic carbocycles. The van der Waals surface area contributed by atoms with E-state index in [1.54, 1.807) is 13.0 Å².